The third-order valence-corrected chi connectivity index (χ3v) is 3.64. The van der Waals surface area contributed by atoms with Gasteiger partial charge in [-0.05, 0) is 25.7 Å². The maximum Gasteiger partial charge on any atom is 0.390 e. The quantitative estimate of drug-likeness (QED) is 0.862. The van der Waals surface area contributed by atoms with E-state index >= 15 is 0 Å². The number of carbonyl (C=O) groups is 1. The number of amides is 2. The van der Waals surface area contributed by atoms with Gasteiger partial charge in [-0.2, -0.15) is 13.2 Å². The van der Waals surface area contributed by atoms with Crippen molar-refractivity contribution in [3.05, 3.63) is 0 Å². The van der Waals surface area contributed by atoms with Crippen LogP contribution in [0.5, 0.6) is 0 Å². The maximum absolute atomic E-state index is 12.0. The van der Waals surface area contributed by atoms with E-state index in [1.54, 1.807) is 4.90 Å². The molecular formula is C12H19F3N2O2. The number of rotatable bonds is 3. The molecule has 1 N–H and O–H groups in total. The molecule has 0 aliphatic carbocycles. The van der Waals surface area contributed by atoms with Crippen LogP contribution in [0.2, 0.25) is 0 Å². The Labute approximate surface area is 110 Å². The fraction of sp³-hybridized carbons (Fsp3) is 0.917. The predicted molar refractivity (Wildman–Crippen MR) is 62.8 cm³/mol. The minimum Gasteiger partial charge on any atom is -0.376 e. The van der Waals surface area contributed by atoms with Gasteiger partial charge in [0.15, 0.2) is 0 Å². The lowest BCUT2D eigenvalue weighted by atomic mass is 10.1. The third kappa shape index (κ3) is 3.99. The molecule has 2 saturated heterocycles. The smallest absolute Gasteiger partial charge is 0.376 e. The van der Waals surface area contributed by atoms with Gasteiger partial charge in [0.05, 0.1) is 18.6 Å². The lowest BCUT2D eigenvalue weighted by molar-refractivity contribution is -0.133. The van der Waals surface area contributed by atoms with Gasteiger partial charge < -0.3 is 15.0 Å². The Balaban J connectivity index is 1.80. The molecule has 110 valence electrons. The van der Waals surface area contributed by atoms with E-state index < -0.39 is 18.6 Å². The van der Waals surface area contributed by atoms with Gasteiger partial charge in [-0.1, -0.05) is 0 Å². The zero-order valence-corrected chi connectivity index (χ0v) is 10.7. The molecule has 0 aromatic carbocycles. The Morgan fingerprint density at radius 2 is 2.11 bits per heavy atom. The number of likely N-dealkylation sites (tertiary alicyclic amines) is 1. The van der Waals surface area contributed by atoms with Crippen LogP contribution < -0.4 is 5.32 Å². The fourth-order valence-corrected chi connectivity index (χ4v) is 2.75. The molecule has 2 aliphatic heterocycles. The number of nitrogens with zero attached hydrogens (tertiary/aromatic N) is 1. The van der Waals surface area contributed by atoms with Crippen LogP contribution in [-0.4, -0.2) is 48.9 Å². The summed E-state index contributed by atoms with van der Waals surface area (Å²) in [7, 11) is 0. The predicted octanol–water partition coefficient (Wildman–Crippen LogP) is 2.29. The second-order valence-electron chi connectivity index (χ2n) is 5.05. The summed E-state index contributed by atoms with van der Waals surface area (Å²) in [5.74, 6) is 0. The van der Waals surface area contributed by atoms with Crippen molar-refractivity contribution < 1.29 is 22.7 Å². The normalized spacial score (nSPS) is 27.8. The molecule has 7 heteroatoms. The molecule has 0 unspecified atom stereocenters. The monoisotopic (exact) mass is 280 g/mol. The number of alkyl halides is 3. The Morgan fingerprint density at radius 3 is 2.74 bits per heavy atom. The number of ether oxygens (including phenoxy) is 1. The maximum atomic E-state index is 12.0. The number of hydrogen-bond acceptors (Lipinski definition) is 2. The van der Waals surface area contributed by atoms with E-state index in [1.165, 1.54) is 0 Å². The van der Waals surface area contributed by atoms with Gasteiger partial charge in [-0.25, -0.2) is 4.79 Å². The highest BCUT2D eigenvalue weighted by atomic mass is 19.4. The van der Waals surface area contributed by atoms with E-state index in [2.05, 4.69) is 5.32 Å². The molecule has 0 bridgehead atoms. The first-order chi connectivity index (χ1) is 8.97. The molecule has 2 heterocycles. The number of nitrogens with one attached hydrogen (secondary N) is 1. The molecule has 2 fully saturated rings. The Kier molecular flexibility index (Phi) is 4.54. The van der Waals surface area contributed by atoms with Crippen LogP contribution >= 0.6 is 0 Å². The Morgan fingerprint density at radius 1 is 1.32 bits per heavy atom. The molecule has 4 nitrogen and oxygen atoms in total. The molecule has 0 saturated carbocycles. The molecule has 2 rings (SSSR count). The summed E-state index contributed by atoms with van der Waals surface area (Å²) < 4.78 is 41.6. The molecule has 0 spiro atoms. The molecule has 2 amide bonds. The number of urea groups is 1. The highest BCUT2D eigenvalue weighted by molar-refractivity contribution is 5.74. The van der Waals surface area contributed by atoms with Crippen LogP contribution in [0.3, 0.4) is 0 Å². The highest BCUT2D eigenvalue weighted by Crippen LogP contribution is 2.27. The zero-order chi connectivity index (χ0) is 13.9. The van der Waals surface area contributed by atoms with Crippen molar-refractivity contribution in [3.8, 4) is 0 Å². The summed E-state index contributed by atoms with van der Waals surface area (Å²) in [6.45, 7) is 0.949. The van der Waals surface area contributed by atoms with E-state index in [9.17, 15) is 18.0 Å². The van der Waals surface area contributed by atoms with Crippen LogP contribution in [-0.2, 0) is 4.74 Å². The van der Waals surface area contributed by atoms with E-state index in [0.29, 0.717) is 13.2 Å². The highest BCUT2D eigenvalue weighted by Gasteiger charge is 2.37. The van der Waals surface area contributed by atoms with Crippen molar-refractivity contribution >= 4 is 6.03 Å². The van der Waals surface area contributed by atoms with Crippen LogP contribution in [0.1, 0.15) is 32.1 Å². The van der Waals surface area contributed by atoms with E-state index in [-0.39, 0.29) is 18.7 Å². The minimum atomic E-state index is -4.23. The van der Waals surface area contributed by atoms with Gasteiger partial charge >= 0.3 is 12.2 Å². The van der Waals surface area contributed by atoms with E-state index in [4.69, 9.17) is 4.74 Å². The average Bonchev–Trinajstić information content (AvgIpc) is 2.97. The van der Waals surface area contributed by atoms with Crippen molar-refractivity contribution in [2.75, 3.05) is 19.7 Å². The third-order valence-electron chi connectivity index (χ3n) is 3.64. The molecular weight excluding hydrogens is 261 g/mol. The van der Waals surface area contributed by atoms with E-state index in [0.717, 1.165) is 25.7 Å². The molecule has 2 aliphatic rings. The van der Waals surface area contributed by atoms with Gasteiger partial charge in [0.2, 0.25) is 0 Å². The van der Waals surface area contributed by atoms with Crippen molar-refractivity contribution in [2.24, 2.45) is 0 Å². The summed E-state index contributed by atoms with van der Waals surface area (Å²) in [5, 5.41) is 2.35. The zero-order valence-electron chi connectivity index (χ0n) is 10.7. The number of carbonyl (C=O) groups excluding carboxylic acids is 1. The second-order valence-corrected chi connectivity index (χ2v) is 5.05. The lowest BCUT2D eigenvalue weighted by Gasteiger charge is -2.29. The Hall–Kier alpha value is -0.980. The molecule has 19 heavy (non-hydrogen) atoms. The summed E-state index contributed by atoms with van der Waals surface area (Å²) >= 11 is 0. The number of halogens is 3. The molecule has 2 atom stereocenters. The van der Waals surface area contributed by atoms with Crippen LogP contribution in [0.4, 0.5) is 18.0 Å². The first-order valence-corrected chi connectivity index (χ1v) is 6.70. The summed E-state index contributed by atoms with van der Waals surface area (Å²) in [4.78, 5) is 13.5. The first-order valence-electron chi connectivity index (χ1n) is 6.70. The summed E-state index contributed by atoms with van der Waals surface area (Å²) in [5.41, 5.74) is 0. The summed E-state index contributed by atoms with van der Waals surface area (Å²) in [6.07, 6.45) is -1.49. The van der Waals surface area contributed by atoms with Gasteiger partial charge in [0.1, 0.15) is 0 Å². The van der Waals surface area contributed by atoms with Crippen molar-refractivity contribution in [1.82, 2.24) is 10.2 Å². The molecule has 0 aromatic heterocycles. The van der Waals surface area contributed by atoms with Crippen molar-refractivity contribution in [1.29, 1.82) is 0 Å². The SMILES string of the molecule is O=C(NCCC(F)(F)F)N1CCC[C@@H]1[C@H]1CCCO1. The largest absolute Gasteiger partial charge is 0.390 e. The van der Waals surface area contributed by atoms with Crippen LogP contribution in [0, 0.1) is 0 Å². The van der Waals surface area contributed by atoms with Crippen LogP contribution in [0.25, 0.3) is 0 Å². The van der Waals surface area contributed by atoms with Gasteiger partial charge in [0.25, 0.3) is 0 Å². The second kappa shape index (κ2) is 5.98. The molecule has 0 radical (unpaired) electrons. The summed E-state index contributed by atoms with van der Waals surface area (Å²) in [6, 6.07) is -0.379. The van der Waals surface area contributed by atoms with Gasteiger partial charge in [-0.15, -0.1) is 0 Å². The van der Waals surface area contributed by atoms with Crippen LogP contribution in [0.15, 0.2) is 0 Å². The van der Waals surface area contributed by atoms with E-state index in [1.807, 2.05) is 0 Å². The standard InChI is InChI=1S/C12H19F3N2O2/c13-12(14,15)5-6-16-11(18)17-7-1-3-9(17)10-4-2-8-19-10/h9-10H,1-8H2,(H,16,18)/t9-,10-/m1/s1. The Bertz CT molecular complexity index is 317. The lowest BCUT2D eigenvalue weighted by Crippen LogP contribution is -2.47. The van der Waals surface area contributed by atoms with Crippen molar-refractivity contribution in [3.63, 3.8) is 0 Å². The first kappa shape index (κ1) is 14.4. The minimum absolute atomic E-state index is 0.0217. The van der Waals surface area contributed by atoms with Crippen molar-refractivity contribution in [2.45, 2.75) is 50.4 Å². The fourth-order valence-electron chi connectivity index (χ4n) is 2.75. The average molecular weight is 280 g/mol. The topological polar surface area (TPSA) is 41.6 Å². The molecule has 0 aromatic rings. The van der Waals surface area contributed by atoms with Gasteiger partial charge in [0, 0.05) is 19.7 Å². The number of hydrogen-bond donors (Lipinski definition) is 1. The van der Waals surface area contributed by atoms with Gasteiger partial charge in [-0.3, -0.25) is 0 Å².